The monoisotopic (exact) mass is 288 g/mol. The SMILES string of the molecule is O=C(O)C1CC1C(=O)N1CCNC(=O)C1c1ccccc1. The molecule has 21 heavy (non-hydrogen) atoms. The second kappa shape index (κ2) is 5.20. The summed E-state index contributed by atoms with van der Waals surface area (Å²) in [5.74, 6) is -2.47. The number of nitrogens with zero attached hydrogens (tertiary/aromatic N) is 1. The standard InChI is InChI=1S/C15H16N2O4/c18-13-12(9-4-2-1-3-5-9)17(7-6-16-13)14(19)10-8-11(10)15(20)21/h1-5,10-12H,6-8H2,(H,16,18)(H,20,21). The van der Waals surface area contributed by atoms with Gasteiger partial charge in [0.25, 0.3) is 0 Å². The Bertz CT molecular complexity index is 587. The van der Waals surface area contributed by atoms with E-state index in [9.17, 15) is 14.4 Å². The molecule has 2 aliphatic rings. The van der Waals surface area contributed by atoms with Gasteiger partial charge in [0.05, 0.1) is 11.8 Å². The van der Waals surface area contributed by atoms with Gasteiger partial charge in [0.2, 0.25) is 11.8 Å². The third kappa shape index (κ3) is 2.49. The third-order valence-electron chi connectivity index (χ3n) is 4.04. The molecule has 0 aromatic heterocycles. The first-order valence-electron chi connectivity index (χ1n) is 6.95. The lowest BCUT2D eigenvalue weighted by Gasteiger charge is -2.35. The predicted molar refractivity (Wildman–Crippen MR) is 73.1 cm³/mol. The van der Waals surface area contributed by atoms with E-state index in [4.69, 9.17) is 5.11 Å². The smallest absolute Gasteiger partial charge is 0.307 e. The van der Waals surface area contributed by atoms with Crippen molar-refractivity contribution in [3.8, 4) is 0 Å². The van der Waals surface area contributed by atoms with Crippen molar-refractivity contribution in [2.45, 2.75) is 12.5 Å². The van der Waals surface area contributed by atoms with Crippen LogP contribution in [0, 0.1) is 11.8 Å². The van der Waals surface area contributed by atoms with E-state index < -0.39 is 23.8 Å². The number of rotatable bonds is 3. The van der Waals surface area contributed by atoms with Crippen LogP contribution in [0.2, 0.25) is 0 Å². The minimum Gasteiger partial charge on any atom is -0.481 e. The molecule has 0 bridgehead atoms. The maximum Gasteiger partial charge on any atom is 0.307 e. The van der Waals surface area contributed by atoms with Crippen molar-refractivity contribution in [3.05, 3.63) is 35.9 Å². The first-order chi connectivity index (χ1) is 10.1. The largest absolute Gasteiger partial charge is 0.481 e. The number of carbonyl (C=O) groups is 3. The highest BCUT2D eigenvalue weighted by atomic mass is 16.4. The maximum atomic E-state index is 12.5. The Balaban J connectivity index is 1.84. The number of piperazine rings is 1. The van der Waals surface area contributed by atoms with Crippen LogP contribution in [0.15, 0.2) is 30.3 Å². The summed E-state index contributed by atoms with van der Waals surface area (Å²) in [4.78, 5) is 37.1. The van der Waals surface area contributed by atoms with Crippen LogP contribution in [0.4, 0.5) is 0 Å². The lowest BCUT2D eigenvalue weighted by atomic mass is 10.0. The molecule has 3 unspecified atom stereocenters. The number of carboxylic acids is 1. The summed E-state index contributed by atoms with van der Waals surface area (Å²) in [5, 5.41) is 11.7. The van der Waals surface area contributed by atoms with E-state index in [0.717, 1.165) is 5.56 Å². The summed E-state index contributed by atoms with van der Waals surface area (Å²) in [6.07, 6.45) is 0.369. The molecule has 3 atom stereocenters. The molecule has 3 rings (SSSR count). The Labute approximate surface area is 121 Å². The Kier molecular flexibility index (Phi) is 3.37. The summed E-state index contributed by atoms with van der Waals surface area (Å²) in [5.41, 5.74) is 0.746. The molecule has 2 fully saturated rings. The van der Waals surface area contributed by atoms with E-state index in [0.29, 0.717) is 19.5 Å². The van der Waals surface area contributed by atoms with Crippen LogP contribution in [0.3, 0.4) is 0 Å². The normalized spacial score (nSPS) is 27.9. The number of nitrogens with one attached hydrogen (secondary N) is 1. The Morgan fingerprint density at radius 3 is 2.52 bits per heavy atom. The molecule has 1 aliphatic heterocycles. The van der Waals surface area contributed by atoms with Crippen LogP contribution >= 0.6 is 0 Å². The lowest BCUT2D eigenvalue weighted by Crippen LogP contribution is -2.52. The number of hydrogen-bond donors (Lipinski definition) is 2. The highest BCUT2D eigenvalue weighted by molar-refractivity contribution is 5.94. The van der Waals surface area contributed by atoms with Crippen LogP contribution in [-0.4, -0.2) is 40.9 Å². The van der Waals surface area contributed by atoms with Gasteiger partial charge in [-0.05, 0) is 12.0 Å². The van der Waals surface area contributed by atoms with Crippen molar-refractivity contribution < 1.29 is 19.5 Å². The number of amides is 2. The van der Waals surface area contributed by atoms with E-state index in [1.807, 2.05) is 18.2 Å². The quantitative estimate of drug-likeness (QED) is 0.843. The Morgan fingerprint density at radius 1 is 1.19 bits per heavy atom. The molecule has 0 radical (unpaired) electrons. The van der Waals surface area contributed by atoms with E-state index in [-0.39, 0.29) is 11.8 Å². The second-order valence-electron chi connectivity index (χ2n) is 5.42. The van der Waals surface area contributed by atoms with Crippen LogP contribution < -0.4 is 5.32 Å². The van der Waals surface area contributed by atoms with Gasteiger partial charge in [-0.15, -0.1) is 0 Å². The first kappa shape index (κ1) is 13.6. The third-order valence-corrected chi connectivity index (χ3v) is 4.04. The van der Waals surface area contributed by atoms with Crippen LogP contribution in [0.1, 0.15) is 18.0 Å². The van der Waals surface area contributed by atoms with Gasteiger partial charge in [0.15, 0.2) is 0 Å². The zero-order valence-corrected chi connectivity index (χ0v) is 11.4. The maximum absolute atomic E-state index is 12.5. The lowest BCUT2D eigenvalue weighted by molar-refractivity contribution is -0.146. The van der Waals surface area contributed by atoms with Crippen molar-refractivity contribution in [1.29, 1.82) is 0 Å². The van der Waals surface area contributed by atoms with Crippen molar-refractivity contribution >= 4 is 17.8 Å². The number of carbonyl (C=O) groups excluding carboxylic acids is 2. The second-order valence-corrected chi connectivity index (χ2v) is 5.42. The fourth-order valence-electron chi connectivity index (χ4n) is 2.82. The summed E-state index contributed by atoms with van der Waals surface area (Å²) < 4.78 is 0. The molecule has 0 spiro atoms. The molecule has 6 heteroatoms. The van der Waals surface area contributed by atoms with Crippen molar-refractivity contribution in [2.24, 2.45) is 11.8 Å². The van der Waals surface area contributed by atoms with Gasteiger partial charge in [-0.1, -0.05) is 30.3 Å². The summed E-state index contributed by atoms with van der Waals surface area (Å²) in [6.45, 7) is 0.811. The number of hydrogen-bond acceptors (Lipinski definition) is 3. The number of benzene rings is 1. The van der Waals surface area contributed by atoms with Gasteiger partial charge in [0, 0.05) is 13.1 Å². The Morgan fingerprint density at radius 2 is 1.90 bits per heavy atom. The van der Waals surface area contributed by atoms with Crippen molar-refractivity contribution in [3.63, 3.8) is 0 Å². The van der Waals surface area contributed by atoms with Gasteiger partial charge in [-0.25, -0.2) is 0 Å². The number of carboxylic acid groups (broad SMARTS) is 1. The average Bonchev–Trinajstić information content (AvgIpc) is 3.28. The van der Waals surface area contributed by atoms with E-state index >= 15 is 0 Å². The van der Waals surface area contributed by atoms with Crippen LogP contribution in [0.5, 0.6) is 0 Å². The average molecular weight is 288 g/mol. The zero-order chi connectivity index (χ0) is 15.0. The topological polar surface area (TPSA) is 86.7 Å². The first-order valence-corrected chi connectivity index (χ1v) is 6.95. The number of aliphatic carboxylic acids is 1. The molecule has 1 heterocycles. The summed E-state index contributed by atoms with van der Waals surface area (Å²) in [7, 11) is 0. The molecular formula is C15H16N2O4. The van der Waals surface area contributed by atoms with Gasteiger partial charge in [-0.2, -0.15) is 0 Å². The molecule has 2 amide bonds. The fraction of sp³-hybridized carbons (Fsp3) is 0.400. The molecule has 1 saturated carbocycles. The van der Waals surface area contributed by atoms with Crippen molar-refractivity contribution in [1.82, 2.24) is 10.2 Å². The molecule has 1 aromatic carbocycles. The minimum atomic E-state index is -0.939. The van der Waals surface area contributed by atoms with Gasteiger partial charge in [0.1, 0.15) is 6.04 Å². The highest BCUT2D eigenvalue weighted by Crippen LogP contribution is 2.41. The molecule has 110 valence electrons. The fourth-order valence-corrected chi connectivity index (χ4v) is 2.82. The summed E-state index contributed by atoms with van der Waals surface area (Å²) in [6, 6.07) is 8.42. The molecular weight excluding hydrogens is 272 g/mol. The summed E-state index contributed by atoms with van der Waals surface area (Å²) >= 11 is 0. The molecule has 1 saturated heterocycles. The zero-order valence-electron chi connectivity index (χ0n) is 11.4. The van der Waals surface area contributed by atoms with E-state index in [1.165, 1.54) is 4.90 Å². The highest BCUT2D eigenvalue weighted by Gasteiger charge is 2.51. The van der Waals surface area contributed by atoms with E-state index in [2.05, 4.69) is 5.32 Å². The van der Waals surface area contributed by atoms with Crippen LogP contribution in [-0.2, 0) is 14.4 Å². The molecule has 6 nitrogen and oxygen atoms in total. The molecule has 1 aliphatic carbocycles. The molecule has 2 N–H and O–H groups in total. The van der Waals surface area contributed by atoms with Gasteiger partial charge in [-0.3, -0.25) is 14.4 Å². The minimum absolute atomic E-state index is 0.215. The van der Waals surface area contributed by atoms with E-state index in [1.54, 1.807) is 12.1 Å². The van der Waals surface area contributed by atoms with Gasteiger partial charge < -0.3 is 15.3 Å². The van der Waals surface area contributed by atoms with Crippen LogP contribution in [0.25, 0.3) is 0 Å². The molecule has 1 aromatic rings. The predicted octanol–water partition coefficient (Wildman–Crippen LogP) is 0.407. The Hall–Kier alpha value is -2.37. The van der Waals surface area contributed by atoms with Gasteiger partial charge >= 0.3 is 5.97 Å². The van der Waals surface area contributed by atoms with Crippen molar-refractivity contribution in [2.75, 3.05) is 13.1 Å².